The van der Waals surface area contributed by atoms with Crippen LogP contribution >= 0.6 is 0 Å². The number of nitrogens with zero attached hydrogens (tertiary/aromatic N) is 11. The van der Waals surface area contributed by atoms with Crippen molar-refractivity contribution in [3.05, 3.63) is 66.4 Å². The number of azide groups is 2. The molecule has 71 heavy (non-hydrogen) atoms. The van der Waals surface area contributed by atoms with E-state index in [9.17, 15) is 54.3 Å². The summed E-state index contributed by atoms with van der Waals surface area (Å²) in [5, 5.41) is 63.8. The average Bonchev–Trinajstić information content (AvgIpc) is 3.98. The van der Waals surface area contributed by atoms with E-state index in [1.807, 2.05) is 0 Å². The van der Waals surface area contributed by atoms with Crippen LogP contribution in [0.15, 0.2) is 44.3 Å². The van der Waals surface area contributed by atoms with Gasteiger partial charge in [-0.1, -0.05) is 45.1 Å². The van der Waals surface area contributed by atoms with Crippen LogP contribution in [0.4, 0.5) is 21.2 Å². The number of anilines is 2. The molecule has 4 aliphatic heterocycles. The highest BCUT2D eigenvalue weighted by molar-refractivity contribution is 6.46. The molecular weight excluding hydrogens is 949 g/mol. The van der Waals surface area contributed by atoms with Crippen LogP contribution in [0.25, 0.3) is 20.9 Å². The third kappa shape index (κ3) is 17.1. The molecular formula is C39H64BN13O18. The van der Waals surface area contributed by atoms with Gasteiger partial charge < -0.3 is 70.4 Å². The molecule has 0 bridgehead atoms. The number of amides is 2. The number of esters is 2. The molecule has 6 rings (SSSR count). The summed E-state index contributed by atoms with van der Waals surface area (Å²) in [6.07, 6.45) is -5.82. The minimum atomic E-state index is -2.08. The Morgan fingerprint density at radius 1 is 0.930 bits per heavy atom. The van der Waals surface area contributed by atoms with Gasteiger partial charge in [0.1, 0.15) is 54.3 Å². The fraction of sp³-hybridized carbons (Fsp3) is 0.692. The molecule has 396 valence electrons. The van der Waals surface area contributed by atoms with Crippen molar-refractivity contribution >= 4 is 42.7 Å². The summed E-state index contributed by atoms with van der Waals surface area (Å²) in [6.45, 7) is 14.5. The molecule has 4 saturated heterocycles. The van der Waals surface area contributed by atoms with Crippen LogP contribution in [-0.2, 0) is 38.0 Å². The number of cyclic esters (lactones) is 2. The number of nitrogen functional groups attached to an aromatic ring is 2. The molecule has 2 aromatic heterocycles. The largest absolute Gasteiger partial charge is 0.463 e. The van der Waals surface area contributed by atoms with E-state index in [4.69, 9.17) is 51.2 Å². The van der Waals surface area contributed by atoms with E-state index in [1.165, 1.54) is 37.4 Å². The molecule has 6 heterocycles. The van der Waals surface area contributed by atoms with Gasteiger partial charge in [-0.15, -0.1) is 0 Å². The predicted molar refractivity (Wildman–Crippen MR) is 247 cm³/mol. The van der Waals surface area contributed by atoms with Gasteiger partial charge in [0, 0.05) is 35.7 Å². The fourth-order valence-electron chi connectivity index (χ4n) is 6.28. The van der Waals surface area contributed by atoms with E-state index in [2.05, 4.69) is 41.7 Å². The molecule has 10 N–H and O–H groups in total. The van der Waals surface area contributed by atoms with Gasteiger partial charge in [-0.05, 0) is 69.6 Å². The van der Waals surface area contributed by atoms with Crippen molar-refractivity contribution in [3.63, 3.8) is 0 Å². The normalized spacial score (nSPS) is 27.2. The predicted octanol–water partition coefficient (Wildman–Crippen LogP) is 0.697. The summed E-state index contributed by atoms with van der Waals surface area (Å²) in [5.41, 5.74) is 21.3. The Kier molecular flexibility index (Phi) is 24.0. The van der Waals surface area contributed by atoms with E-state index < -0.39 is 109 Å². The number of hydrogen-bond donors (Lipinski definition) is 8. The second-order valence-corrected chi connectivity index (χ2v) is 17.1. The molecule has 32 heteroatoms. The smallest absolute Gasteiger partial charge is 0.427 e. The molecule has 2 aromatic rings. The zero-order valence-corrected chi connectivity index (χ0v) is 39.8. The molecule has 10 atom stereocenters. The SMILES string of the molecule is C.CB(C)O.CC(=O)OC[C@@]1(N=[N+]=[N-])O[C@@H](n2ccc(N)nc2=O)[C@@H](O)[C@@H]1O.CC(C)C1C(=O)OC(=O)N1C(=O)OC(C)(C)C.CC1CCCO1.[N-]=[N+]=N[C@]1(CO)O[C@@H](n2ccc(N)nc2=O)[C@@H](O)[C@@H]1O. The van der Waals surface area contributed by atoms with E-state index >= 15 is 0 Å². The van der Waals surface area contributed by atoms with Crippen LogP contribution in [0.2, 0.25) is 13.6 Å². The molecule has 0 aliphatic carbocycles. The maximum atomic E-state index is 11.8. The van der Waals surface area contributed by atoms with Gasteiger partial charge in [-0.25, -0.2) is 24.0 Å². The molecule has 2 amide bonds. The first-order valence-electron chi connectivity index (χ1n) is 21.2. The molecule has 0 spiro atoms. The number of aliphatic hydroxyl groups excluding tert-OH is 5. The van der Waals surface area contributed by atoms with Crippen LogP contribution in [0.1, 0.15) is 81.2 Å². The zero-order valence-electron chi connectivity index (χ0n) is 39.8. The van der Waals surface area contributed by atoms with Crippen molar-refractivity contribution in [3.8, 4) is 0 Å². The highest BCUT2D eigenvalue weighted by Gasteiger charge is 2.57. The molecule has 0 radical (unpaired) electrons. The van der Waals surface area contributed by atoms with Gasteiger partial charge in [-0.3, -0.25) is 13.9 Å². The number of carbonyl (C=O) groups is 4. The van der Waals surface area contributed by atoms with Gasteiger partial charge in [0.05, 0.1) is 12.7 Å². The summed E-state index contributed by atoms with van der Waals surface area (Å²) in [5.74, 6) is -1.71. The third-order valence-corrected chi connectivity index (χ3v) is 9.48. The van der Waals surface area contributed by atoms with Gasteiger partial charge in [0.25, 0.3) is 6.92 Å². The first-order chi connectivity index (χ1) is 32.5. The van der Waals surface area contributed by atoms with E-state index in [0.717, 1.165) is 27.6 Å². The number of hydrogen-bond acceptors (Lipinski definition) is 24. The Labute approximate surface area is 406 Å². The summed E-state index contributed by atoms with van der Waals surface area (Å²) in [4.78, 5) is 81.7. The second kappa shape index (κ2) is 27.2. The highest BCUT2D eigenvalue weighted by atomic mass is 16.6. The molecule has 2 unspecified atom stereocenters. The number of imide groups is 1. The minimum absolute atomic E-state index is 0. The van der Waals surface area contributed by atoms with Crippen LogP contribution in [-0.4, -0.2) is 159 Å². The Morgan fingerprint density at radius 3 is 1.73 bits per heavy atom. The number of carbonyl (C=O) groups excluding carboxylic acids is 4. The second-order valence-electron chi connectivity index (χ2n) is 17.1. The van der Waals surface area contributed by atoms with Crippen molar-refractivity contribution in [2.45, 2.75) is 148 Å². The van der Waals surface area contributed by atoms with Crippen molar-refractivity contribution in [2.75, 3.05) is 31.3 Å². The maximum absolute atomic E-state index is 11.8. The topological polar surface area (TPSA) is 468 Å². The van der Waals surface area contributed by atoms with Crippen LogP contribution in [0.3, 0.4) is 0 Å². The molecule has 4 fully saturated rings. The molecule has 0 saturated carbocycles. The van der Waals surface area contributed by atoms with E-state index in [1.54, 1.807) is 48.3 Å². The fourth-order valence-corrected chi connectivity index (χ4v) is 6.28. The van der Waals surface area contributed by atoms with Crippen molar-refractivity contribution in [1.82, 2.24) is 24.0 Å². The highest BCUT2D eigenvalue weighted by Crippen LogP contribution is 2.39. The van der Waals surface area contributed by atoms with Crippen molar-refractivity contribution < 1.29 is 78.2 Å². The first-order valence-corrected chi connectivity index (χ1v) is 21.2. The minimum Gasteiger partial charge on any atom is -0.463 e. The summed E-state index contributed by atoms with van der Waals surface area (Å²) >= 11 is 0. The van der Waals surface area contributed by atoms with Crippen molar-refractivity contribution in [2.24, 2.45) is 16.1 Å². The third-order valence-electron chi connectivity index (χ3n) is 9.48. The van der Waals surface area contributed by atoms with Gasteiger partial charge in [0.15, 0.2) is 12.5 Å². The van der Waals surface area contributed by atoms with Gasteiger partial charge in [-0.2, -0.15) is 14.9 Å². The Bertz CT molecular complexity index is 2330. The lowest BCUT2D eigenvalue weighted by molar-refractivity contribution is -0.163. The molecule has 31 nitrogen and oxygen atoms in total. The Morgan fingerprint density at radius 2 is 1.38 bits per heavy atom. The maximum Gasteiger partial charge on any atom is 0.427 e. The zero-order chi connectivity index (χ0) is 53.5. The van der Waals surface area contributed by atoms with Crippen LogP contribution in [0.5, 0.6) is 0 Å². The number of aromatic nitrogens is 4. The van der Waals surface area contributed by atoms with E-state index in [-0.39, 0.29) is 31.9 Å². The van der Waals surface area contributed by atoms with E-state index in [0.29, 0.717) is 6.10 Å². The summed E-state index contributed by atoms with van der Waals surface area (Å²) < 4.78 is 31.6. The van der Waals surface area contributed by atoms with Crippen LogP contribution in [0, 0.1) is 5.92 Å². The number of ether oxygens (including phenoxy) is 6. The Balaban J connectivity index is 0.000000484. The monoisotopic (exact) mass is 1010 g/mol. The average molecular weight is 1010 g/mol. The van der Waals surface area contributed by atoms with Crippen molar-refractivity contribution in [1.29, 1.82) is 0 Å². The van der Waals surface area contributed by atoms with Gasteiger partial charge >= 0.3 is 35.5 Å². The Hall–Kier alpha value is -6.44. The molecule has 0 aromatic carbocycles. The number of rotatable bonds is 8. The lowest BCUT2D eigenvalue weighted by Crippen LogP contribution is -2.45. The lowest BCUT2D eigenvalue weighted by Gasteiger charge is -2.25. The first kappa shape index (κ1) is 62.6. The van der Waals surface area contributed by atoms with Crippen LogP contribution < -0.4 is 22.8 Å². The molecule has 4 aliphatic rings. The number of nitrogens with two attached hydrogens (primary N) is 2. The number of aliphatic hydroxyl groups is 5. The lowest BCUT2D eigenvalue weighted by atomic mass is 9.76. The van der Waals surface area contributed by atoms with Gasteiger partial charge in [0.2, 0.25) is 11.4 Å². The standard InChI is InChI=1S/C11H14N6O6.C11H17NO5.C9H12N6O5.C5H10O.C2H7BO.CH4/c1-5(18)22-4-11(15-16-13)8(20)7(19)9(23-11)17-3-2-6(12)14-10(17)21;1-6(2)7-8(13)16-9(14)12(7)10(15)17-11(3,4)5;10-4-1-2-15(8(19)12-4)7-5(17)6(18)9(3-16,20-7)13-14-11;1-5-3-2-4-6-5;1-3(2)4;/h2-3,7-9,19-20H,4H2,1H3,(H2,12,14,21);6-7H,1-5H3;1-2,5-7,16-18H,3H2,(H2,10,12,19);5H,2-4H2,1H3;4H,1-2H3;1H4/t7-,8-,9+,11+;;5-,6-,7+,9+;;;/m0.0.../s1. The summed E-state index contributed by atoms with van der Waals surface area (Å²) in [6, 6.07) is 1.66. The quantitative estimate of drug-likeness (QED) is 0.0343. The summed E-state index contributed by atoms with van der Waals surface area (Å²) in [7, 11) is 0.